The number of piperidine rings is 1. The van der Waals surface area contributed by atoms with Crippen molar-refractivity contribution in [1.29, 1.82) is 0 Å². The number of piperazine rings is 1. The van der Waals surface area contributed by atoms with E-state index in [-0.39, 0.29) is 5.91 Å². The Morgan fingerprint density at radius 3 is 2.37 bits per heavy atom. The van der Waals surface area contributed by atoms with E-state index in [9.17, 15) is 4.79 Å². The molecule has 2 unspecified atom stereocenters. The highest BCUT2D eigenvalue weighted by Gasteiger charge is 2.30. The van der Waals surface area contributed by atoms with E-state index < -0.39 is 0 Å². The van der Waals surface area contributed by atoms with Gasteiger partial charge in [-0.1, -0.05) is 30.8 Å². The van der Waals surface area contributed by atoms with Crippen molar-refractivity contribution < 1.29 is 4.79 Å². The van der Waals surface area contributed by atoms with Crippen molar-refractivity contribution in [3.63, 3.8) is 0 Å². The van der Waals surface area contributed by atoms with Gasteiger partial charge in [0.25, 0.3) is 0 Å². The molecular weight excluding hydrogens is 508 g/mol. The quantitative estimate of drug-likeness (QED) is 0.452. The van der Waals surface area contributed by atoms with Crippen molar-refractivity contribution >= 4 is 23.0 Å². The van der Waals surface area contributed by atoms with Crippen molar-refractivity contribution in [3.05, 3.63) is 95.6 Å². The summed E-state index contributed by atoms with van der Waals surface area (Å²) in [6.07, 6.45) is 8.39. The minimum atomic E-state index is 0.180. The Balaban J connectivity index is 1.05. The number of amides is 1. The molecule has 214 valence electrons. The average Bonchev–Trinajstić information content (AvgIpc) is 3.48. The Labute approximate surface area is 244 Å². The summed E-state index contributed by atoms with van der Waals surface area (Å²) < 4.78 is 0. The van der Waals surface area contributed by atoms with Gasteiger partial charge in [0.05, 0.1) is 11.4 Å². The van der Waals surface area contributed by atoms with E-state index >= 15 is 0 Å². The van der Waals surface area contributed by atoms with E-state index in [1.54, 1.807) is 6.92 Å². The van der Waals surface area contributed by atoms with Gasteiger partial charge >= 0.3 is 0 Å². The number of H-pyrrole nitrogens is 1. The standard InChI is InChI=1S/C34H42N6O/c1-23-19-39(26(4)41)20-24(2)40(23)21-27-6-8-28(9-7-27)29-13-16-38(17-14-29)33-11-10-30(18-36-33)32-22-37(5)25(3)34-31(32)12-15-35-34/h6-12,15,18,22-24,29,35H,3,13-14,16-17,19-21H2,1-2,4-5H3. The lowest BCUT2D eigenvalue weighted by Crippen LogP contribution is -2.57. The third-order valence-corrected chi connectivity index (χ3v) is 9.32. The number of anilines is 1. The molecule has 7 heteroatoms. The zero-order valence-electron chi connectivity index (χ0n) is 24.8. The fourth-order valence-electron chi connectivity index (χ4n) is 6.79. The SMILES string of the molecule is C=C1c2[nH]ccc2C(c2ccc(N3CCC(c4ccc(CN5C(C)CN(C(C)=O)CC5C)cc4)CC3)nc2)=CN1C. The summed E-state index contributed by atoms with van der Waals surface area (Å²) in [7, 11) is 2.03. The Morgan fingerprint density at radius 1 is 1.02 bits per heavy atom. The van der Waals surface area contributed by atoms with Gasteiger partial charge in [-0.25, -0.2) is 4.98 Å². The van der Waals surface area contributed by atoms with Crippen molar-refractivity contribution in [2.24, 2.45) is 0 Å². The molecule has 0 spiro atoms. The molecule has 2 aromatic heterocycles. The van der Waals surface area contributed by atoms with Crippen molar-refractivity contribution in [1.82, 2.24) is 24.7 Å². The van der Waals surface area contributed by atoms with Gasteiger partial charge in [-0.15, -0.1) is 0 Å². The van der Waals surface area contributed by atoms with Gasteiger partial charge in [0.2, 0.25) is 5.91 Å². The molecule has 5 heterocycles. The highest BCUT2D eigenvalue weighted by atomic mass is 16.2. The molecule has 0 aliphatic carbocycles. The van der Waals surface area contributed by atoms with E-state index in [1.165, 1.54) is 22.3 Å². The molecule has 2 atom stereocenters. The highest BCUT2D eigenvalue weighted by Crippen LogP contribution is 2.36. The van der Waals surface area contributed by atoms with Crippen LogP contribution in [0.3, 0.4) is 0 Å². The number of benzene rings is 1. The predicted molar refractivity (Wildman–Crippen MR) is 166 cm³/mol. The molecule has 3 aliphatic rings. The lowest BCUT2D eigenvalue weighted by molar-refractivity contribution is -0.133. The lowest BCUT2D eigenvalue weighted by atomic mass is 9.89. The van der Waals surface area contributed by atoms with Crippen LogP contribution < -0.4 is 4.90 Å². The molecule has 1 N–H and O–H groups in total. The zero-order chi connectivity index (χ0) is 28.7. The van der Waals surface area contributed by atoms with Crippen LogP contribution >= 0.6 is 0 Å². The minimum absolute atomic E-state index is 0.180. The molecular formula is C34H42N6O. The molecule has 6 rings (SSSR count). The summed E-state index contributed by atoms with van der Waals surface area (Å²) in [6.45, 7) is 14.9. The molecule has 7 nitrogen and oxygen atoms in total. The number of hydrogen-bond donors (Lipinski definition) is 1. The van der Waals surface area contributed by atoms with Gasteiger partial charge < -0.3 is 19.7 Å². The normalized spacial score (nSPS) is 22.1. The number of carbonyl (C=O) groups excluding carboxylic acids is 1. The maximum Gasteiger partial charge on any atom is 0.219 e. The van der Waals surface area contributed by atoms with Crippen LogP contribution in [0.25, 0.3) is 11.3 Å². The van der Waals surface area contributed by atoms with Gasteiger partial charge in [-0.3, -0.25) is 9.69 Å². The third-order valence-electron chi connectivity index (χ3n) is 9.32. The van der Waals surface area contributed by atoms with Crippen LogP contribution in [-0.4, -0.2) is 75.9 Å². The summed E-state index contributed by atoms with van der Waals surface area (Å²) in [5.74, 6) is 1.82. The number of fused-ring (bicyclic) bond motifs is 1. The number of hydrogen-bond acceptors (Lipinski definition) is 5. The molecule has 2 fully saturated rings. The molecule has 0 saturated carbocycles. The number of nitrogens with one attached hydrogen (secondary N) is 1. The third kappa shape index (κ3) is 5.43. The van der Waals surface area contributed by atoms with E-state index in [0.29, 0.717) is 18.0 Å². The first kappa shape index (κ1) is 27.3. The second-order valence-corrected chi connectivity index (χ2v) is 12.1. The predicted octanol–water partition coefficient (Wildman–Crippen LogP) is 5.54. The lowest BCUT2D eigenvalue weighted by Gasteiger charge is -2.44. The average molecular weight is 551 g/mol. The molecule has 0 bridgehead atoms. The summed E-state index contributed by atoms with van der Waals surface area (Å²) in [5, 5.41) is 0. The van der Waals surface area contributed by atoms with Crippen LogP contribution in [0, 0.1) is 0 Å². The van der Waals surface area contributed by atoms with Crippen molar-refractivity contribution in [3.8, 4) is 0 Å². The monoisotopic (exact) mass is 550 g/mol. The van der Waals surface area contributed by atoms with Crippen LogP contribution in [0.4, 0.5) is 5.82 Å². The number of aromatic amines is 1. The summed E-state index contributed by atoms with van der Waals surface area (Å²) in [5.41, 5.74) is 8.30. The smallest absolute Gasteiger partial charge is 0.219 e. The number of pyridine rings is 1. The Kier molecular flexibility index (Phi) is 7.47. The van der Waals surface area contributed by atoms with Crippen LogP contribution in [0.5, 0.6) is 0 Å². The molecule has 0 radical (unpaired) electrons. The maximum absolute atomic E-state index is 11.9. The summed E-state index contributed by atoms with van der Waals surface area (Å²) in [6, 6.07) is 16.5. The largest absolute Gasteiger partial charge is 0.359 e. The molecule has 3 aliphatic heterocycles. The second kappa shape index (κ2) is 11.2. The van der Waals surface area contributed by atoms with Gasteiger partial charge in [-0.05, 0) is 61.9 Å². The van der Waals surface area contributed by atoms with E-state index in [2.05, 4.69) is 88.8 Å². The van der Waals surface area contributed by atoms with Gasteiger partial charge in [0, 0.05) is 94.1 Å². The van der Waals surface area contributed by atoms with E-state index in [1.807, 2.05) is 24.3 Å². The summed E-state index contributed by atoms with van der Waals surface area (Å²) in [4.78, 5) is 29.1. The first-order valence-corrected chi connectivity index (χ1v) is 14.9. The molecule has 3 aromatic rings. The van der Waals surface area contributed by atoms with Gasteiger partial charge in [0.1, 0.15) is 5.82 Å². The number of aromatic nitrogens is 2. The molecule has 41 heavy (non-hydrogen) atoms. The first-order valence-electron chi connectivity index (χ1n) is 14.9. The summed E-state index contributed by atoms with van der Waals surface area (Å²) >= 11 is 0. The highest BCUT2D eigenvalue weighted by molar-refractivity contribution is 5.88. The topological polar surface area (TPSA) is 58.7 Å². The van der Waals surface area contributed by atoms with Crippen LogP contribution in [0.2, 0.25) is 0 Å². The van der Waals surface area contributed by atoms with Crippen molar-refractivity contribution in [2.75, 3.05) is 38.1 Å². The first-order chi connectivity index (χ1) is 19.8. The van der Waals surface area contributed by atoms with Crippen LogP contribution in [0.15, 0.2) is 67.6 Å². The minimum Gasteiger partial charge on any atom is -0.359 e. The van der Waals surface area contributed by atoms with Crippen LogP contribution in [-0.2, 0) is 11.3 Å². The zero-order valence-corrected chi connectivity index (χ0v) is 24.8. The Morgan fingerprint density at radius 2 is 1.73 bits per heavy atom. The number of rotatable bonds is 5. The van der Waals surface area contributed by atoms with Gasteiger partial charge in [-0.2, -0.15) is 0 Å². The fraction of sp³-hybridized carbons (Fsp3) is 0.412. The van der Waals surface area contributed by atoms with E-state index in [4.69, 9.17) is 4.98 Å². The van der Waals surface area contributed by atoms with Crippen molar-refractivity contribution in [2.45, 2.75) is 58.2 Å². The van der Waals surface area contributed by atoms with Crippen LogP contribution in [0.1, 0.15) is 67.5 Å². The Hall–Kier alpha value is -3.84. The number of nitrogens with zero attached hydrogens (tertiary/aromatic N) is 5. The maximum atomic E-state index is 11.9. The molecule has 2 saturated heterocycles. The van der Waals surface area contributed by atoms with Gasteiger partial charge in [0.15, 0.2) is 0 Å². The number of carbonyl (C=O) groups is 1. The second-order valence-electron chi connectivity index (χ2n) is 12.1. The fourth-order valence-corrected chi connectivity index (χ4v) is 6.79. The Bertz CT molecular complexity index is 1420. The molecule has 1 aromatic carbocycles. The molecule has 1 amide bonds. The van der Waals surface area contributed by atoms with E-state index in [0.717, 1.165) is 68.3 Å².